The average molecular weight is 286 g/mol. The summed E-state index contributed by atoms with van der Waals surface area (Å²) in [5.74, 6) is 0.987. The van der Waals surface area contributed by atoms with Crippen LogP contribution in [0.3, 0.4) is 0 Å². The van der Waals surface area contributed by atoms with E-state index in [-0.39, 0.29) is 0 Å². The maximum absolute atomic E-state index is 5.99. The van der Waals surface area contributed by atoms with Crippen molar-refractivity contribution in [2.45, 2.75) is 38.8 Å². The van der Waals surface area contributed by atoms with Crippen LogP contribution in [0.5, 0.6) is 5.75 Å². The van der Waals surface area contributed by atoms with Gasteiger partial charge in [0.2, 0.25) is 0 Å². The van der Waals surface area contributed by atoms with Crippen LogP contribution in [0.4, 0.5) is 0 Å². The molecule has 1 aromatic heterocycles. The molecular formula is C16H22N4O. The molecule has 1 aromatic carbocycles. The molecule has 1 N–H and O–H groups in total. The summed E-state index contributed by atoms with van der Waals surface area (Å²) in [6, 6.07) is 6.82. The van der Waals surface area contributed by atoms with E-state index in [1.165, 1.54) is 24.0 Å². The summed E-state index contributed by atoms with van der Waals surface area (Å²) < 4.78 is 7.68. The Kier molecular flexibility index (Phi) is 4.20. The molecule has 0 bridgehead atoms. The van der Waals surface area contributed by atoms with Crippen molar-refractivity contribution in [3.05, 3.63) is 41.2 Å². The Hall–Kier alpha value is -1.88. The molecule has 0 fully saturated rings. The number of hydrogen-bond donors (Lipinski definition) is 1. The van der Waals surface area contributed by atoms with Gasteiger partial charge in [-0.1, -0.05) is 24.3 Å². The lowest BCUT2D eigenvalue weighted by molar-refractivity contribution is 0.294. The van der Waals surface area contributed by atoms with Crippen LogP contribution in [0.2, 0.25) is 0 Å². The van der Waals surface area contributed by atoms with Crippen LogP contribution < -0.4 is 10.1 Å². The largest absolute Gasteiger partial charge is 0.487 e. The fourth-order valence-electron chi connectivity index (χ4n) is 3.02. The number of fused-ring (bicyclic) bond motifs is 1. The molecule has 0 aliphatic heterocycles. The maximum Gasteiger partial charge on any atom is 0.134 e. The van der Waals surface area contributed by atoms with Crippen LogP contribution in [0, 0.1) is 0 Å². The second kappa shape index (κ2) is 6.26. The van der Waals surface area contributed by atoms with E-state index in [2.05, 4.69) is 40.8 Å². The minimum Gasteiger partial charge on any atom is -0.487 e. The topological polar surface area (TPSA) is 52.0 Å². The van der Waals surface area contributed by atoms with Crippen molar-refractivity contribution < 1.29 is 4.74 Å². The van der Waals surface area contributed by atoms with Crippen LogP contribution in [0.15, 0.2) is 24.4 Å². The molecule has 3 rings (SSSR count). The zero-order valence-corrected chi connectivity index (χ0v) is 12.7. The minimum atomic E-state index is 0.457. The molecule has 112 valence electrons. The van der Waals surface area contributed by atoms with Crippen LogP contribution in [0.25, 0.3) is 0 Å². The molecule has 2 aromatic rings. The number of benzene rings is 1. The number of hydrogen-bond acceptors (Lipinski definition) is 4. The summed E-state index contributed by atoms with van der Waals surface area (Å²) in [5, 5.41) is 11.6. The molecule has 0 saturated heterocycles. The van der Waals surface area contributed by atoms with Gasteiger partial charge in [-0.25, -0.2) is 0 Å². The zero-order valence-electron chi connectivity index (χ0n) is 12.7. The van der Waals surface area contributed by atoms with Gasteiger partial charge < -0.3 is 10.1 Å². The highest BCUT2D eigenvalue weighted by atomic mass is 16.5. The lowest BCUT2D eigenvalue weighted by Crippen LogP contribution is -2.25. The second-order valence-electron chi connectivity index (χ2n) is 5.50. The molecular weight excluding hydrogens is 264 g/mol. The van der Waals surface area contributed by atoms with Crippen molar-refractivity contribution >= 4 is 0 Å². The summed E-state index contributed by atoms with van der Waals surface area (Å²) in [6.45, 7) is 3.62. The Bertz CT molecular complexity index is 608. The average Bonchev–Trinajstić information content (AvgIpc) is 2.91. The van der Waals surface area contributed by atoms with Crippen LogP contribution in [-0.4, -0.2) is 21.5 Å². The Morgan fingerprint density at radius 3 is 3.10 bits per heavy atom. The first-order valence-electron chi connectivity index (χ1n) is 7.61. The third-order valence-corrected chi connectivity index (χ3v) is 3.94. The third kappa shape index (κ3) is 3.08. The van der Waals surface area contributed by atoms with Crippen molar-refractivity contribution in [2.24, 2.45) is 7.05 Å². The SMILES string of the molecule is CCNC1CCCc2c(OCc3cn(C)nn3)cccc21. The predicted molar refractivity (Wildman–Crippen MR) is 81.1 cm³/mol. The van der Waals surface area contributed by atoms with Crippen molar-refractivity contribution in [1.82, 2.24) is 20.3 Å². The van der Waals surface area contributed by atoms with Crippen molar-refractivity contribution in [1.29, 1.82) is 0 Å². The molecule has 21 heavy (non-hydrogen) atoms. The second-order valence-corrected chi connectivity index (χ2v) is 5.50. The quantitative estimate of drug-likeness (QED) is 0.917. The Morgan fingerprint density at radius 2 is 2.33 bits per heavy atom. The van der Waals surface area contributed by atoms with Gasteiger partial charge >= 0.3 is 0 Å². The lowest BCUT2D eigenvalue weighted by atomic mass is 9.87. The normalized spacial score (nSPS) is 17.5. The van der Waals surface area contributed by atoms with Gasteiger partial charge in [0.1, 0.15) is 18.1 Å². The van der Waals surface area contributed by atoms with E-state index in [0.29, 0.717) is 12.6 Å². The van der Waals surface area contributed by atoms with E-state index in [9.17, 15) is 0 Å². The van der Waals surface area contributed by atoms with E-state index in [1.807, 2.05) is 13.2 Å². The number of ether oxygens (including phenoxy) is 1. The van der Waals surface area contributed by atoms with Gasteiger partial charge in [0, 0.05) is 13.1 Å². The molecule has 1 aliphatic rings. The van der Waals surface area contributed by atoms with Gasteiger partial charge in [-0.15, -0.1) is 5.10 Å². The monoisotopic (exact) mass is 286 g/mol. The van der Waals surface area contributed by atoms with E-state index in [1.54, 1.807) is 4.68 Å². The molecule has 1 heterocycles. The molecule has 0 spiro atoms. The first-order valence-corrected chi connectivity index (χ1v) is 7.61. The van der Waals surface area contributed by atoms with E-state index < -0.39 is 0 Å². The van der Waals surface area contributed by atoms with E-state index in [4.69, 9.17) is 4.74 Å². The summed E-state index contributed by atoms with van der Waals surface area (Å²) in [6.07, 6.45) is 5.38. The van der Waals surface area contributed by atoms with Crippen molar-refractivity contribution in [2.75, 3.05) is 6.54 Å². The van der Waals surface area contributed by atoms with E-state index >= 15 is 0 Å². The number of nitrogens with one attached hydrogen (secondary N) is 1. The van der Waals surface area contributed by atoms with Crippen LogP contribution in [0.1, 0.15) is 42.6 Å². The summed E-state index contributed by atoms with van der Waals surface area (Å²) in [5.41, 5.74) is 3.59. The fourth-order valence-corrected chi connectivity index (χ4v) is 3.02. The Morgan fingerprint density at radius 1 is 1.43 bits per heavy atom. The maximum atomic E-state index is 5.99. The van der Waals surface area contributed by atoms with Gasteiger partial charge in [0.15, 0.2) is 0 Å². The smallest absolute Gasteiger partial charge is 0.134 e. The summed E-state index contributed by atoms with van der Waals surface area (Å²) >= 11 is 0. The summed E-state index contributed by atoms with van der Waals surface area (Å²) in [4.78, 5) is 0. The Labute approximate surface area is 125 Å². The number of aryl methyl sites for hydroxylation is 1. The highest BCUT2D eigenvalue weighted by molar-refractivity contribution is 5.43. The van der Waals surface area contributed by atoms with Crippen LogP contribution >= 0.6 is 0 Å². The van der Waals surface area contributed by atoms with Crippen molar-refractivity contribution in [3.63, 3.8) is 0 Å². The minimum absolute atomic E-state index is 0.457. The molecule has 1 unspecified atom stereocenters. The molecule has 0 saturated carbocycles. The third-order valence-electron chi connectivity index (χ3n) is 3.94. The van der Waals surface area contributed by atoms with Gasteiger partial charge in [-0.3, -0.25) is 4.68 Å². The molecule has 5 heteroatoms. The first-order chi connectivity index (χ1) is 10.3. The first kappa shape index (κ1) is 14.1. The van der Waals surface area contributed by atoms with Gasteiger partial charge in [-0.05, 0) is 43.0 Å². The zero-order chi connectivity index (χ0) is 14.7. The number of nitrogens with zero attached hydrogens (tertiary/aromatic N) is 3. The predicted octanol–water partition coefficient (Wildman–Crippen LogP) is 2.38. The summed E-state index contributed by atoms with van der Waals surface area (Å²) in [7, 11) is 1.86. The number of aromatic nitrogens is 3. The molecule has 5 nitrogen and oxygen atoms in total. The highest BCUT2D eigenvalue weighted by Gasteiger charge is 2.22. The van der Waals surface area contributed by atoms with Gasteiger partial charge in [0.25, 0.3) is 0 Å². The van der Waals surface area contributed by atoms with Crippen molar-refractivity contribution in [3.8, 4) is 5.75 Å². The van der Waals surface area contributed by atoms with Crippen LogP contribution in [-0.2, 0) is 20.1 Å². The molecule has 0 amide bonds. The van der Waals surface area contributed by atoms with Gasteiger partial charge in [-0.2, -0.15) is 0 Å². The highest BCUT2D eigenvalue weighted by Crippen LogP contribution is 2.35. The Balaban J connectivity index is 1.78. The van der Waals surface area contributed by atoms with Gasteiger partial charge in [0.05, 0.1) is 6.20 Å². The molecule has 1 aliphatic carbocycles. The van der Waals surface area contributed by atoms with E-state index in [0.717, 1.165) is 24.4 Å². The standard InChI is InChI=1S/C16H22N4O/c1-3-17-15-8-4-7-14-13(15)6-5-9-16(14)21-11-12-10-20(2)19-18-12/h5-6,9-10,15,17H,3-4,7-8,11H2,1-2H3. The molecule has 1 atom stereocenters. The fraction of sp³-hybridized carbons (Fsp3) is 0.500. The lowest BCUT2D eigenvalue weighted by Gasteiger charge is -2.27. The number of rotatable bonds is 5. The molecule has 0 radical (unpaired) electrons.